The number of amides is 2. The van der Waals surface area contributed by atoms with Gasteiger partial charge in [0.25, 0.3) is 5.91 Å². The summed E-state index contributed by atoms with van der Waals surface area (Å²) in [4.78, 5) is 38.3. The predicted molar refractivity (Wildman–Crippen MR) is 133 cm³/mol. The van der Waals surface area contributed by atoms with Gasteiger partial charge in [-0.25, -0.2) is 9.59 Å². The second-order valence-corrected chi connectivity index (χ2v) is 10.9. The number of hydrogen-bond acceptors (Lipinski definition) is 7. The second kappa shape index (κ2) is 12.8. The minimum absolute atomic E-state index is 0.0780. The van der Waals surface area contributed by atoms with Gasteiger partial charge in [-0.2, -0.15) is 0 Å². The van der Waals surface area contributed by atoms with Crippen molar-refractivity contribution in [3.8, 4) is 5.75 Å². The van der Waals surface area contributed by atoms with Crippen molar-refractivity contribution in [3.05, 3.63) is 29.8 Å². The average molecular weight is 495 g/mol. The number of aliphatic hydroxyl groups excluding tert-OH is 1. The second-order valence-electron chi connectivity index (χ2n) is 10.9. The molecule has 0 bridgehead atoms. The Morgan fingerprint density at radius 3 is 2.03 bits per heavy atom. The number of aliphatic hydroxyl groups is 1. The number of nitrogens with one attached hydrogen (secondary N) is 2. The van der Waals surface area contributed by atoms with E-state index in [2.05, 4.69) is 10.6 Å². The Balaban J connectivity index is 3.15. The fourth-order valence-electron chi connectivity index (χ4n) is 3.31. The summed E-state index contributed by atoms with van der Waals surface area (Å²) < 4.78 is 16.1. The lowest BCUT2D eigenvalue weighted by atomic mass is 9.98. The topological polar surface area (TPSA) is 123 Å². The molecule has 35 heavy (non-hydrogen) atoms. The molecule has 0 aliphatic heterocycles. The summed E-state index contributed by atoms with van der Waals surface area (Å²) in [7, 11) is 1.51. The minimum Gasteiger partial charge on any atom is -0.496 e. The van der Waals surface area contributed by atoms with Crippen molar-refractivity contribution in [3.63, 3.8) is 0 Å². The average Bonchev–Trinajstić information content (AvgIpc) is 2.69. The van der Waals surface area contributed by atoms with Gasteiger partial charge < -0.3 is 30.0 Å². The summed E-state index contributed by atoms with van der Waals surface area (Å²) in [6.45, 7) is 14.2. The van der Waals surface area contributed by atoms with Gasteiger partial charge in [0.05, 0.1) is 13.2 Å². The van der Waals surface area contributed by atoms with E-state index >= 15 is 0 Å². The van der Waals surface area contributed by atoms with Crippen LogP contribution < -0.4 is 15.4 Å². The lowest BCUT2D eigenvalue weighted by molar-refractivity contribution is -0.159. The Labute approximate surface area is 208 Å². The van der Waals surface area contributed by atoms with Crippen molar-refractivity contribution in [2.75, 3.05) is 7.11 Å². The highest BCUT2D eigenvalue weighted by molar-refractivity contribution is 5.88. The zero-order valence-electron chi connectivity index (χ0n) is 22.4. The number of hydrogen-bond donors (Lipinski definition) is 3. The molecule has 0 fully saturated rings. The highest BCUT2D eigenvalue weighted by Crippen LogP contribution is 2.21. The van der Waals surface area contributed by atoms with Crippen LogP contribution in [-0.2, 0) is 25.5 Å². The van der Waals surface area contributed by atoms with Crippen LogP contribution >= 0.6 is 0 Å². The van der Waals surface area contributed by atoms with Crippen LogP contribution in [0.5, 0.6) is 5.75 Å². The molecular formula is C26H42N2O7. The third-order valence-corrected chi connectivity index (χ3v) is 4.70. The number of carbonyl (C=O) groups is 3. The maximum absolute atomic E-state index is 13.1. The fraction of sp³-hybridized carbons (Fsp3) is 0.654. The first-order valence-corrected chi connectivity index (χ1v) is 11.8. The van der Waals surface area contributed by atoms with E-state index < -0.39 is 47.4 Å². The van der Waals surface area contributed by atoms with Gasteiger partial charge in [-0.05, 0) is 71.9 Å². The number of alkyl carbamates (subject to hydrolysis) is 1. The molecule has 0 spiro atoms. The van der Waals surface area contributed by atoms with Gasteiger partial charge in [-0.3, -0.25) is 4.79 Å². The normalized spacial score (nSPS) is 14.5. The maximum atomic E-state index is 13.1. The number of para-hydroxylation sites is 1. The van der Waals surface area contributed by atoms with Gasteiger partial charge in [0.1, 0.15) is 23.0 Å². The number of esters is 1. The summed E-state index contributed by atoms with van der Waals surface area (Å²) in [5, 5.41) is 16.2. The summed E-state index contributed by atoms with van der Waals surface area (Å²) in [5.74, 6) is -0.776. The molecule has 1 aromatic carbocycles. The number of benzene rings is 1. The summed E-state index contributed by atoms with van der Waals surface area (Å²) >= 11 is 0. The first-order valence-electron chi connectivity index (χ1n) is 11.8. The van der Waals surface area contributed by atoms with E-state index in [0.717, 1.165) is 0 Å². The third-order valence-electron chi connectivity index (χ3n) is 4.70. The molecule has 0 radical (unpaired) electrons. The van der Waals surface area contributed by atoms with Crippen molar-refractivity contribution >= 4 is 18.0 Å². The SMILES string of the molecule is COc1ccccc1C[C@@H](NC(=O)OC(C)(C)C)[C@H](O)C(=O)N[C@@H](CC(C)C)C(=O)OC(C)(C)C. The third kappa shape index (κ3) is 11.4. The molecule has 3 atom stereocenters. The summed E-state index contributed by atoms with van der Waals surface area (Å²) in [6.07, 6.45) is -2.05. The molecular weight excluding hydrogens is 452 g/mol. The molecule has 9 heteroatoms. The molecule has 9 nitrogen and oxygen atoms in total. The molecule has 0 heterocycles. The predicted octanol–water partition coefficient (Wildman–Crippen LogP) is 3.36. The van der Waals surface area contributed by atoms with E-state index in [1.54, 1.807) is 65.8 Å². The Kier molecular flexibility index (Phi) is 11.0. The van der Waals surface area contributed by atoms with Gasteiger partial charge in [-0.1, -0.05) is 32.0 Å². The van der Waals surface area contributed by atoms with Gasteiger partial charge >= 0.3 is 12.1 Å². The molecule has 1 rings (SSSR count). The molecule has 0 unspecified atom stereocenters. The van der Waals surface area contributed by atoms with Crippen LogP contribution in [0.3, 0.4) is 0 Å². The van der Waals surface area contributed by atoms with Crippen molar-refractivity contribution < 1.29 is 33.7 Å². The van der Waals surface area contributed by atoms with Crippen LogP contribution in [0.2, 0.25) is 0 Å². The first-order chi connectivity index (χ1) is 16.0. The Morgan fingerprint density at radius 2 is 1.51 bits per heavy atom. The molecule has 2 amide bonds. The first kappa shape index (κ1) is 30.2. The van der Waals surface area contributed by atoms with Gasteiger partial charge in [0.2, 0.25) is 0 Å². The van der Waals surface area contributed by atoms with E-state index in [1.165, 1.54) is 7.11 Å². The lowest BCUT2D eigenvalue weighted by Crippen LogP contribution is -2.55. The molecule has 0 aliphatic rings. The van der Waals surface area contributed by atoms with E-state index in [4.69, 9.17) is 14.2 Å². The van der Waals surface area contributed by atoms with Crippen LogP contribution in [0, 0.1) is 5.92 Å². The standard InChI is InChI=1S/C26H42N2O7/c1-16(2)14-19(23(31)34-25(3,4)5)27-22(30)21(29)18(28-24(32)35-26(6,7)8)15-17-12-10-11-13-20(17)33-9/h10-13,16,18-19,21,29H,14-15H2,1-9H3,(H,27,30)(H,28,32)/t18-,19+,21+/m1/s1. The van der Waals surface area contributed by atoms with Crippen LogP contribution in [0.15, 0.2) is 24.3 Å². The highest BCUT2D eigenvalue weighted by atomic mass is 16.6. The Bertz CT molecular complexity index is 856. The molecule has 198 valence electrons. The molecule has 3 N–H and O–H groups in total. The van der Waals surface area contributed by atoms with Crippen molar-refractivity contribution in [1.29, 1.82) is 0 Å². The zero-order valence-corrected chi connectivity index (χ0v) is 22.4. The summed E-state index contributed by atoms with van der Waals surface area (Å²) in [6, 6.07) is 5.09. The lowest BCUT2D eigenvalue weighted by Gasteiger charge is -2.29. The van der Waals surface area contributed by atoms with E-state index in [-0.39, 0.29) is 12.3 Å². The van der Waals surface area contributed by atoms with Gasteiger partial charge in [0, 0.05) is 0 Å². The molecule has 0 saturated carbocycles. The zero-order chi connectivity index (χ0) is 27.0. The van der Waals surface area contributed by atoms with Crippen LogP contribution in [0.1, 0.15) is 67.4 Å². The van der Waals surface area contributed by atoms with Crippen LogP contribution in [-0.4, -0.2) is 59.6 Å². The largest absolute Gasteiger partial charge is 0.496 e. The van der Waals surface area contributed by atoms with E-state index in [1.807, 2.05) is 13.8 Å². The molecule has 0 aromatic heterocycles. The molecule has 0 saturated heterocycles. The number of rotatable bonds is 10. The quantitative estimate of drug-likeness (QED) is 0.426. The fourth-order valence-corrected chi connectivity index (χ4v) is 3.31. The summed E-state index contributed by atoms with van der Waals surface area (Å²) in [5.41, 5.74) is -0.833. The minimum atomic E-state index is -1.68. The highest BCUT2D eigenvalue weighted by Gasteiger charge is 2.34. The van der Waals surface area contributed by atoms with Gasteiger partial charge in [-0.15, -0.1) is 0 Å². The maximum Gasteiger partial charge on any atom is 0.407 e. The van der Waals surface area contributed by atoms with E-state index in [0.29, 0.717) is 17.7 Å². The van der Waals surface area contributed by atoms with Crippen LogP contribution in [0.4, 0.5) is 4.79 Å². The Hall–Kier alpha value is -2.81. The van der Waals surface area contributed by atoms with Crippen molar-refractivity contribution in [1.82, 2.24) is 10.6 Å². The smallest absolute Gasteiger partial charge is 0.407 e. The number of carbonyl (C=O) groups excluding carboxylic acids is 3. The van der Waals surface area contributed by atoms with Gasteiger partial charge in [0.15, 0.2) is 6.10 Å². The Morgan fingerprint density at radius 1 is 0.943 bits per heavy atom. The van der Waals surface area contributed by atoms with Crippen molar-refractivity contribution in [2.24, 2.45) is 5.92 Å². The van der Waals surface area contributed by atoms with E-state index in [9.17, 15) is 19.5 Å². The van der Waals surface area contributed by atoms with Crippen molar-refractivity contribution in [2.45, 2.75) is 97.6 Å². The number of methoxy groups -OCH3 is 1. The molecule has 0 aliphatic carbocycles. The number of ether oxygens (including phenoxy) is 3. The monoisotopic (exact) mass is 494 g/mol. The molecule has 1 aromatic rings. The van der Waals surface area contributed by atoms with Crippen LogP contribution in [0.25, 0.3) is 0 Å².